The van der Waals surface area contributed by atoms with Gasteiger partial charge in [-0.15, -0.1) is 0 Å². The Kier molecular flexibility index (Phi) is 5.44. The van der Waals surface area contributed by atoms with Crippen LogP contribution in [0.5, 0.6) is 5.75 Å². The number of benzene rings is 2. The Morgan fingerprint density at radius 2 is 1.68 bits per heavy atom. The third-order valence-electron chi connectivity index (χ3n) is 4.13. The van der Waals surface area contributed by atoms with Crippen LogP contribution in [0.25, 0.3) is 0 Å². The van der Waals surface area contributed by atoms with Gasteiger partial charge < -0.3 is 14.5 Å². The molecule has 4 nitrogen and oxygen atoms in total. The zero-order valence-electron chi connectivity index (χ0n) is 15.3. The van der Waals surface area contributed by atoms with Gasteiger partial charge in [-0.2, -0.15) is 13.2 Å². The lowest BCUT2D eigenvalue weighted by molar-refractivity contribution is -0.136. The second-order valence-electron chi connectivity index (χ2n) is 6.27. The lowest BCUT2D eigenvalue weighted by Gasteiger charge is -2.12. The molecule has 3 rings (SSSR count). The molecule has 146 valence electrons. The molecule has 0 spiro atoms. The Bertz CT molecular complexity index is 972. The van der Waals surface area contributed by atoms with E-state index in [1.807, 2.05) is 32.0 Å². The molecule has 0 saturated heterocycles. The van der Waals surface area contributed by atoms with Crippen molar-refractivity contribution in [2.75, 3.05) is 5.32 Å². The van der Waals surface area contributed by atoms with Gasteiger partial charge in [0.05, 0.1) is 11.3 Å². The van der Waals surface area contributed by atoms with E-state index in [9.17, 15) is 18.0 Å². The molecule has 28 heavy (non-hydrogen) atoms. The molecule has 1 N–H and O–H groups in total. The van der Waals surface area contributed by atoms with E-state index in [2.05, 4.69) is 5.32 Å². The molecule has 0 aliphatic rings. The van der Waals surface area contributed by atoms with Gasteiger partial charge in [-0.25, -0.2) is 0 Å². The van der Waals surface area contributed by atoms with Gasteiger partial charge in [-0.05, 0) is 49.2 Å². The van der Waals surface area contributed by atoms with E-state index in [0.717, 1.165) is 22.9 Å². The van der Waals surface area contributed by atoms with Crippen LogP contribution in [0, 0.1) is 13.8 Å². The summed E-state index contributed by atoms with van der Waals surface area (Å²) >= 11 is 0. The molecule has 1 aromatic heterocycles. The molecule has 0 fully saturated rings. The molecular weight excluding hydrogens is 371 g/mol. The lowest BCUT2D eigenvalue weighted by Crippen LogP contribution is -2.16. The summed E-state index contributed by atoms with van der Waals surface area (Å²) in [5, 5.41) is 2.25. The Balaban J connectivity index is 1.70. The molecule has 0 atom stereocenters. The predicted octanol–water partition coefficient (Wildman–Crippen LogP) is 5.75. The first-order valence-electron chi connectivity index (χ1n) is 8.51. The molecule has 0 unspecified atom stereocenters. The van der Waals surface area contributed by atoms with Crippen molar-refractivity contribution in [3.8, 4) is 5.75 Å². The Labute approximate surface area is 159 Å². The molecule has 1 heterocycles. The number of nitrogens with one attached hydrogen (secondary N) is 1. The molecule has 7 heteroatoms. The average molecular weight is 389 g/mol. The number of hydrogen-bond donors (Lipinski definition) is 1. The van der Waals surface area contributed by atoms with Crippen molar-refractivity contribution in [2.24, 2.45) is 0 Å². The van der Waals surface area contributed by atoms with Crippen molar-refractivity contribution in [3.05, 3.63) is 82.8 Å². The number of rotatable bonds is 5. The maximum atomic E-state index is 13.0. The fourth-order valence-corrected chi connectivity index (χ4v) is 2.77. The maximum absolute atomic E-state index is 13.0. The Morgan fingerprint density at radius 1 is 1.00 bits per heavy atom. The summed E-state index contributed by atoms with van der Waals surface area (Å²) < 4.78 is 50.3. The van der Waals surface area contributed by atoms with Crippen molar-refractivity contribution in [3.63, 3.8) is 0 Å². The largest absolute Gasteiger partial charge is 0.485 e. The van der Waals surface area contributed by atoms with E-state index in [1.54, 1.807) is 6.07 Å². The quantitative estimate of drug-likeness (QED) is 0.605. The highest BCUT2D eigenvalue weighted by Crippen LogP contribution is 2.34. The molecule has 0 bridgehead atoms. The van der Waals surface area contributed by atoms with Gasteiger partial charge in [0.1, 0.15) is 18.1 Å². The van der Waals surface area contributed by atoms with Gasteiger partial charge in [0, 0.05) is 0 Å². The standard InChI is InChI=1S/C21H18F3NO3/c1-13-6-5-7-14(2)19(13)27-12-15-10-11-18(28-15)20(26)25-17-9-4-3-8-16(17)21(22,23)24/h3-11H,12H2,1-2H3,(H,25,26). The molecular formula is C21H18F3NO3. The highest BCUT2D eigenvalue weighted by atomic mass is 19.4. The van der Waals surface area contributed by atoms with E-state index >= 15 is 0 Å². The molecule has 1 amide bonds. The SMILES string of the molecule is Cc1cccc(C)c1OCc1ccc(C(=O)Nc2ccccc2C(F)(F)F)o1. The van der Waals surface area contributed by atoms with Crippen LogP contribution in [-0.2, 0) is 12.8 Å². The summed E-state index contributed by atoms with van der Waals surface area (Å²) in [6, 6.07) is 13.5. The second-order valence-corrected chi connectivity index (χ2v) is 6.27. The highest BCUT2D eigenvalue weighted by Gasteiger charge is 2.33. The number of alkyl halides is 3. The predicted molar refractivity (Wildman–Crippen MR) is 98.4 cm³/mol. The van der Waals surface area contributed by atoms with Gasteiger partial charge >= 0.3 is 6.18 Å². The average Bonchev–Trinajstić information content (AvgIpc) is 3.10. The first-order valence-corrected chi connectivity index (χ1v) is 8.51. The monoisotopic (exact) mass is 389 g/mol. The third-order valence-corrected chi connectivity index (χ3v) is 4.13. The summed E-state index contributed by atoms with van der Waals surface area (Å²) in [6.45, 7) is 3.93. The van der Waals surface area contributed by atoms with E-state index in [4.69, 9.17) is 9.15 Å². The number of carbonyl (C=O) groups excluding carboxylic acids is 1. The van der Waals surface area contributed by atoms with E-state index < -0.39 is 17.6 Å². The van der Waals surface area contributed by atoms with Gasteiger partial charge in [0.2, 0.25) is 0 Å². The van der Waals surface area contributed by atoms with E-state index in [1.165, 1.54) is 24.3 Å². The smallest absolute Gasteiger partial charge is 0.418 e. The minimum atomic E-state index is -4.57. The fraction of sp³-hybridized carbons (Fsp3) is 0.190. The van der Waals surface area contributed by atoms with E-state index in [0.29, 0.717) is 5.76 Å². The first-order chi connectivity index (χ1) is 13.3. The van der Waals surface area contributed by atoms with E-state index in [-0.39, 0.29) is 18.1 Å². The van der Waals surface area contributed by atoms with Crippen molar-refractivity contribution in [1.29, 1.82) is 0 Å². The number of para-hydroxylation sites is 2. The van der Waals surface area contributed by atoms with Crippen molar-refractivity contribution in [2.45, 2.75) is 26.6 Å². The molecule has 2 aromatic carbocycles. The Morgan fingerprint density at radius 3 is 2.36 bits per heavy atom. The zero-order chi connectivity index (χ0) is 20.3. The maximum Gasteiger partial charge on any atom is 0.418 e. The third kappa shape index (κ3) is 4.36. The van der Waals surface area contributed by atoms with Crippen LogP contribution in [0.15, 0.2) is 59.0 Å². The van der Waals surface area contributed by atoms with Gasteiger partial charge in [-0.1, -0.05) is 30.3 Å². The number of anilines is 1. The number of ether oxygens (including phenoxy) is 1. The molecule has 0 radical (unpaired) electrons. The summed E-state index contributed by atoms with van der Waals surface area (Å²) in [4.78, 5) is 12.3. The second kappa shape index (κ2) is 7.80. The molecule has 0 aliphatic carbocycles. The van der Waals surface area contributed by atoms with Crippen molar-refractivity contribution < 1.29 is 27.1 Å². The van der Waals surface area contributed by atoms with Crippen molar-refractivity contribution in [1.82, 2.24) is 0 Å². The van der Waals surface area contributed by atoms with Crippen LogP contribution < -0.4 is 10.1 Å². The summed E-state index contributed by atoms with van der Waals surface area (Å²) in [5.74, 6) is 0.244. The summed E-state index contributed by atoms with van der Waals surface area (Å²) in [7, 11) is 0. The summed E-state index contributed by atoms with van der Waals surface area (Å²) in [5.41, 5.74) is 0.680. The summed E-state index contributed by atoms with van der Waals surface area (Å²) in [6.07, 6.45) is -4.57. The number of carbonyl (C=O) groups is 1. The highest BCUT2D eigenvalue weighted by molar-refractivity contribution is 6.02. The Hall–Kier alpha value is -3.22. The number of aryl methyl sites for hydroxylation is 2. The number of furan rings is 1. The molecule has 0 saturated carbocycles. The zero-order valence-corrected chi connectivity index (χ0v) is 15.3. The minimum absolute atomic E-state index is 0.0953. The normalized spacial score (nSPS) is 11.3. The lowest BCUT2D eigenvalue weighted by atomic mass is 10.1. The molecule has 0 aliphatic heterocycles. The van der Waals surface area contributed by atoms with Gasteiger partial charge in [0.25, 0.3) is 5.91 Å². The minimum Gasteiger partial charge on any atom is -0.485 e. The number of amides is 1. The van der Waals surface area contributed by atoms with Crippen LogP contribution in [-0.4, -0.2) is 5.91 Å². The fourth-order valence-electron chi connectivity index (χ4n) is 2.77. The number of hydrogen-bond acceptors (Lipinski definition) is 3. The van der Waals surface area contributed by atoms with Crippen LogP contribution in [0.1, 0.15) is 33.0 Å². The van der Waals surface area contributed by atoms with Crippen molar-refractivity contribution >= 4 is 11.6 Å². The first kappa shape index (κ1) is 19.5. The number of halogens is 3. The topological polar surface area (TPSA) is 51.5 Å². The van der Waals surface area contributed by atoms with Gasteiger partial charge in [-0.3, -0.25) is 4.79 Å². The van der Waals surface area contributed by atoms with Crippen LogP contribution in [0.3, 0.4) is 0 Å². The molecule has 3 aromatic rings. The van der Waals surface area contributed by atoms with Crippen LogP contribution in [0.4, 0.5) is 18.9 Å². The van der Waals surface area contributed by atoms with Crippen LogP contribution in [0.2, 0.25) is 0 Å². The van der Waals surface area contributed by atoms with Gasteiger partial charge in [0.15, 0.2) is 5.76 Å². The van der Waals surface area contributed by atoms with Crippen LogP contribution >= 0.6 is 0 Å².